The normalized spacial score (nSPS) is 12.3. The molecule has 0 radical (unpaired) electrons. The monoisotopic (exact) mass is 457 g/mol. The Morgan fingerprint density at radius 2 is 2.04 bits per heavy atom. The van der Waals surface area contributed by atoms with Gasteiger partial charge in [-0.1, -0.05) is 37.3 Å². The van der Waals surface area contributed by atoms with Crippen LogP contribution >= 0.6 is 24.0 Å². The molecular weight excluding hydrogens is 429 g/mol. The third-order valence-corrected chi connectivity index (χ3v) is 3.55. The number of halogens is 1. The van der Waals surface area contributed by atoms with Crippen molar-refractivity contribution in [3.8, 4) is 0 Å². The topological polar surface area (TPSA) is 63.5 Å². The SMILES string of the molecule is CN=C(NCCn1cccn1)NCC(C)COCc1ccccc1.I. The molecule has 2 aromatic rings. The summed E-state index contributed by atoms with van der Waals surface area (Å²) in [6.45, 7) is 5.93. The minimum absolute atomic E-state index is 0. The van der Waals surface area contributed by atoms with E-state index in [-0.39, 0.29) is 24.0 Å². The summed E-state index contributed by atoms with van der Waals surface area (Å²) in [5.74, 6) is 1.20. The van der Waals surface area contributed by atoms with E-state index in [4.69, 9.17) is 4.74 Å². The zero-order valence-corrected chi connectivity index (χ0v) is 17.2. The molecule has 0 bridgehead atoms. The maximum absolute atomic E-state index is 5.77. The van der Waals surface area contributed by atoms with E-state index in [1.807, 2.05) is 35.1 Å². The molecule has 1 atom stereocenters. The van der Waals surface area contributed by atoms with Gasteiger partial charge in [-0.2, -0.15) is 5.10 Å². The van der Waals surface area contributed by atoms with Crippen LogP contribution in [0.15, 0.2) is 53.8 Å². The highest BCUT2D eigenvalue weighted by molar-refractivity contribution is 14.0. The molecule has 2 N–H and O–H groups in total. The molecule has 0 aliphatic rings. The van der Waals surface area contributed by atoms with Crippen molar-refractivity contribution in [2.75, 3.05) is 26.7 Å². The second kappa shape index (κ2) is 12.7. The lowest BCUT2D eigenvalue weighted by Gasteiger charge is -2.16. The molecule has 0 aliphatic carbocycles. The zero-order valence-electron chi connectivity index (χ0n) is 14.9. The Morgan fingerprint density at radius 1 is 1.24 bits per heavy atom. The van der Waals surface area contributed by atoms with Gasteiger partial charge in [0.1, 0.15) is 0 Å². The quantitative estimate of drug-likeness (QED) is 0.345. The molecule has 1 heterocycles. The van der Waals surface area contributed by atoms with Gasteiger partial charge in [0.25, 0.3) is 0 Å². The first kappa shape index (κ1) is 21.4. The van der Waals surface area contributed by atoms with Crippen LogP contribution in [0.5, 0.6) is 0 Å². The van der Waals surface area contributed by atoms with E-state index < -0.39 is 0 Å². The van der Waals surface area contributed by atoms with Gasteiger partial charge >= 0.3 is 0 Å². The maximum atomic E-state index is 5.77. The van der Waals surface area contributed by atoms with E-state index >= 15 is 0 Å². The van der Waals surface area contributed by atoms with E-state index in [0.29, 0.717) is 19.1 Å². The largest absolute Gasteiger partial charge is 0.376 e. The molecule has 25 heavy (non-hydrogen) atoms. The van der Waals surface area contributed by atoms with Crippen LogP contribution < -0.4 is 10.6 Å². The number of nitrogens with zero attached hydrogens (tertiary/aromatic N) is 3. The average Bonchev–Trinajstić information content (AvgIpc) is 3.12. The third-order valence-electron chi connectivity index (χ3n) is 3.55. The van der Waals surface area contributed by atoms with Crippen LogP contribution in [0.2, 0.25) is 0 Å². The summed E-state index contributed by atoms with van der Waals surface area (Å²) in [5.41, 5.74) is 1.20. The van der Waals surface area contributed by atoms with Crippen molar-refractivity contribution in [1.29, 1.82) is 0 Å². The van der Waals surface area contributed by atoms with Gasteiger partial charge in [0.15, 0.2) is 5.96 Å². The Labute approximate surface area is 167 Å². The summed E-state index contributed by atoms with van der Waals surface area (Å²) in [5, 5.41) is 10.8. The highest BCUT2D eigenvalue weighted by Gasteiger charge is 2.04. The number of ether oxygens (including phenoxy) is 1. The Bertz CT molecular complexity index is 589. The predicted molar refractivity (Wildman–Crippen MR) is 112 cm³/mol. The highest BCUT2D eigenvalue weighted by atomic mass is 127. The summed E-state index contributed by atoms with van der Waals surface area (Å²) in [7, 11) is 1.78. The standard InChI is InChI=1S/C18H27N5O.HI/c1-16(14-24-15-17-7-4-3-5-8-17)13-21-18(19-2)20-10-12-23-11-6-9-22-23;/h3-9,11,16H,10,12-15H2,1-2H3,(H2,19,20,21);1H. The van der Waals surface area contributed by atoms with Gasteiger partial charge in [0.05, 0.1) is 19.8 Å². The van der Waals surface area contributed by atoms with Crippen molar-refractivity contribution in [3.05, 3.63) is 54.4 Å². The molecule has 0 saturated heterocycles. The Hall–Kier alpha value is -1.61. The highest BCUT2D eigenvalue weighted by Crippen LogP contribution is 2.02. The lowest BCUT2D eigenvalue weighted by molar-refractivity contribution is 0.0931. The molecule has 2 rings (SSSR count). The molecule has 1 unspecified atom stereocenters. The first-order valence-electron chi connectivity index (χ1n) is 8.31. The number of guanidine groups is 1. The average molecular weight is 457 g/mol. The molecule has 0 aliphatic heterocycles. The van der Waals surface area contributed by atoms with Gasteiger partial charge in [-0.15, -0.1) is 24.0 Å². The van der Waals surface area contributed by atoms with Crippen LogP contribution in [0.1, 0.15) is 12.5 Å². The van der Waals surface area contributed by atoms with E-state index in [0.717, 1.165) is 25.6 Å². The fraction of sp³-hybridized carbons (Fsp3) is 0.444. The van der Waals surface area contributed by atoms with Crippen LogP contribution in [0.4, 0.5) is 0 Å². The molecule has 6 nitrogen and oxygen atoms in total. The Balaban J connectivity index is 0.00000312. The molecule has 0 spiro atoms. The number of aromatic nitrogens is 2. The summed E-state index contributed by atoms with van der Waals surface area (Å²) in [6, 6.07) is 12.2. The summed E-state index contributed by atoms with van der Waals surface area (Å²) < 4.78 is 7.65. The van der Waals surface area contributed by atoms with Gasteiger partial charge in [-0.3, -0.25) is 9.67 Å². The molecule has 0 fully saturated rings. The van der Waals surface area contributed by atoms with Gasteiger partial charge in [0.2, 0.25) is 0 Å². The van der Waals surface area contributed by atoms with Crippen molar-refractivity contribution in [2.24, 2.45) is 10.9 Å². The van der Waals surface area contributed by atoms with Crippen molar-refractivity contribution in [3.63, 3.8) is 0 Å². The van der Waals surface area contributed by atoms with E-state index in [1.165, 1.54) is 5.56 Å². The van der Waals surface area contributed by atoms with Crippen molar-refractivity contribution in [2.45, 2.75) is 20.1 Å². The number of nitrogens with one attached hydrogen (secondary N) is 2. The molecule has 0 amide bonds. The van der Waals surface area contributed by atoms with E-state index in [9.17, 15) is 0 Å². The number of hydrogen-bond acceptors (Lipinski definition) is 3. The second-order valence-corrected chi connectivity index (χ2v) is 5.75. The van der Waals surface area contributed by atoms with E-state index in [1.54, 1.807) is 13.2 Å². The van der Waals surface area contributed by atoms with Gasteiger partial charge < -0.3 is 15.4 Å². The van der Waals surface area contributed by atoms with Crippen LogP contribution in [0.3, 0.4) is 0 Å². The van der Waals surface area contributed by atoms with Gasteiger partial charge in [0, 0.05) is 32.5 Å². The molecule has 0 saturated carbocycles. The smallest absolute Gasteiger partial charge is 0.191 e. The summed E-state index contributed by atoms with van der Waals surface area (Å²) in [4.78, 5) is 4.23. The Kier molecular flexibility index (Phi) is 10.9. The fourth-order valence-corrected chi connectivity index (χ4v) is 2.22. The van der Waals surface area contributed by atoms with Crippen molar-refractivity contribution < 1.29 is 4.74 Å². The summed E-state index contributed by atoms with van der Waals surface area (Å²) >= 11 is 0. The van der Waals surface area contributed by atoms with Crippen LogP contribution in [-0.2, 0) is 17.9 Å². The summed E-state index contributed by atoms with van der Waals surface area (Å²) in [6.07, 6.45) is 3.73. The number of rotatable bonds is 9. The Morgan fingerprint density at radius 3 is 2.72 bits per heavy atom. The first-order valence-corrected chi connectivity index (χ1v) is 8.31. The third kappa shape index (κ3) is 8.87. The minimum atomic E-state index is 0. The number of hydrogen-bond donors (Lipinski definition) is 2. The lowest BCUT2D eigenvalue weighted by Crippen LogP contribution is -2.41. The molecule has 7 heteroatoms. The minimum Gasteiger partial charge on any atom is -0.376 e. The zero-order chi connectivity index (χ0) is 17.0. The van der Waals surface area contributed by atoms with Crippen molar-refractivity contribution in [1.82, 2.24) is 20.4 Å². The molecule has 138 valence electrons. The van der Waals surface area contributed by atoms with Gasteiger partial charge in [-0.25, -0.2) is 0 Å². The van der Waals surface area contributed by atoms with Crippen LogP contribution in [0, 0.1) is 5.92 Å². The van der Waals surface area contributed by atoms with Crippen molar-refractivity contribution >= 4 is 29.9 Å². The molecular formula is C18H28IN5O. The van der Waals surface area contributed by atoms with Gasteiger partial charge in [-0.05, 0) is 17.5 Å². The maximum Gasteiger partial charge on any atom is 0.191 e. The fourth-order valence-electron chi connectivity index (χ4n) is 2.22. The predicted octanol–water partition coefficient (Wildman–Crippen LogP) is 2.52. The molecule has 1 aromatic heterocycles. The lowest BCUT2D eigenvalue weighted by atomic mass is 10.2. The van der Waals surface area contributed by atoms with Crippen LogP contribution in [0.25, 0.3) is 0 Å². The molecule has 1 aromatic carbocycles. The number of benzene rings is 1. The first-order chi connectivity index (χ1) is 11.8. The second-order valence-electron chi connectivity index (χ2n) is 5.75. The van der Waals surface area contributed by atoms with E-state index in [2.05, 4.69) is 39.8 Å². The number of aliphatic imine (C=N–C) groups is 1. The van der Waals surface area contributed by atoms with Crippen LogP contribution in [-0.4, -0.2) is 42.5 Å².